The first kappa shape index (κ1) is 13.1. The smallest absolute Gasteiger partial charge is 0.231 e. The van der Waals surface area contributed by atoms with Crippen molar-refractivity contribution in [3.8, 4) is 11.5 Å². The first-order chi connectivity index (χ1) is 7.29. The molecule has 0 saturated heterocycles. The van der Waals surface area contributed by atoms with Gasteiger partial charge in [-0.25, -0.2) is 0 Å². The molecule has 1 aliphatic rings. The summed E-state index contributed by atoms with van der Waals surface area (Å²) in [6.07, 6.45) is 1.14. The Balaban J connectivity index is 0.00000128. The average Bonchev–Trinajstić information content (AvgIpc) is 2.72. The number of rotatable bonds is 4. The van der Waals surface area contributed by atoms with Gasteiger partial charge in [0.05, 0.1) is 0 Å². The number of ether oxygens (including phenoxy) is 2. The molecule has 0 amide bonds. The van der Waals surface area contributed by atoms with E-state index >= 15 is 0 Å². The molecular formula is C12H18ClNO2. The number of fused-ring (bicyclic) bond motifs is 1. The van der Waals surface area contributed by atoms with E-state index in [0.29, 0.717) is 12.8 Å². The Hall–Kier alpha value is -0.930. The zero-order valence-corrected chi connectivity index (χ0v) is 10.5. The van der Waals surface area contributed by atoms with Gasteiger partial charge in [0.2, 0.25) is 6.79 Å². The molecule has 0 aliphatic carbocycles. The van der Waals surface area contributed by atoms with E-state index in [2.05, 4.69) is 25.2 Å². The van der Waals surface area contributed by atoms with E-state index in [9.17, 15) is 0 Å². The van der Waals surface area contributed by atoms with Gasteiger partial charge in [0, 0.05) is 12.6 Å². The molecule has 0 bridgehead atoms. The van der Waals surface area contributed by atoms with E-state index in [4.69, 9.17) is 9.47 Å². The van der Waals surface area contributed by atoms with Crippen LogP contribution in [-0.4, -0.2) is 12.8 Å². The highest BCUT2D eigenvalue weighted by Crippen LogP contribution is 2.32. The summed E-state index contributed by atoms with van der Waals surface area (Å²) in [4.78, 5) is 0. The molecule has 16 heavy (non-hydrogen) atoms. The fourth-order valence-corrected chi connectivity index (χ4v) is 1.49. The predicted octanol–water partition coefficient (Wildman–Crippen LogP) is 2.73. The summed E-state index contributed by atoms with van der Waals surface area (Å²) in [5.74, 6) is 1.71. The van der Waals surface area contributed by atoms with Crippen LogP contribution in [0.5, 0.6) is 11.5 Å². The lowest BCUT2D eigenvalue weighted by atomic mass is 10.2. The molecule has 1 unspecified atom stereocenters. The molecule has 0 radical (unpaired) electrons. The third-order valence-corrected chi connectivity index (χ3v) is 2.70. The Bertz CT molecular complexity index is 344. The normalized spacial score (nSPS) is 14.4. The second-order valence-corrected chi connectivity index (χ2v) is 3.88. The Labute approximate surface area is 103 Å². The molecule has 1 aliphatic heterocycles. The number of benzene rings is 1. The monoisotopic (exact) mass is 243 g/mol. The van der Waals surface area contributed by atoms with Crippen molar-refractivity contribution < 1.29 is 9.47 Å². The third-order valence-electron chi connectivity index (χ3n) is 2.70. The highest BCUT2D eigenvalue weighted by molar-refractivity contribution is 5.85. The SMILES string of the molecule is CCC(C)NCc1ccc2c(c1)OCO2.Cl. The fraction of sp³-hybridized carbons (Fsp3) is 0.500. The summed E-state index contributed by atoms with van der Waals surface area (Å²) in [7, 11) is 0. The molecule has 1 atom stereocenters. The zero-order valence-electron chi connectivity index (χ0n) is 9.66. The van der Waals surface area contributed by atoms with Crippen LogP contribution in [0.15, 0.2) is 18.2 Å². The molecule has 90 valence electrons. The maximum atomic E-state index is 5.32. The fourth-order valence-electron chi connectivity index (χ4n) is 1.49. The van der Waals surface area contributed by atoms with E-state index in [1.165, 1.54) is 5.56 Å². The quantitative estimate of drug-likeness (QED) is 0.882. The Morgan fingerprint density at radius 3 is 2.81 bits per heavy atom. The van der Waals surface area contributed by atoms with Crippen LogP contribution in [0.1, 0.15) is 25.8 Å². The number of halogens is 1. The molecule has 0 saturated carbocycles. The highest BCUT2D eigenvalue weighted by atomic mass is 35.5. The van der Waals surface area contributed by atoms with Gasteiger partial charge in [-0.15, -0.1) is 12.4 Å². The second-order valence-electron chi connectivity index (χ2n) is 3.88. The summed E-state index contributed by atoms with van der Waals surface area (Å²) in [6, 6.07) is 6.63. The van der Waals surface area contributed by atoms with Crippen molar-refractivity contribution in [1.29, 1.82) is 0 Å². The van der Waals surface area contributed by atoms with Crippen LogP contribution < -0.4 is 14.8 Å². The van der Waals surface area contributed by atoms with Gasteiger partial charge in [0.25, 0.3) is 0 Å². The molecule has 3 nitrogen and oxygen atoms in total. The Morgan fingerprint density at radius 1 is 1.31 bits per heavy atom. The van der Waals surface area contributed by atoms with Crippen LogP contribution in [0.25, 0.3) is 0 Å². The predicted molar refractivity (Wildman–Crippen MR) is 66.4 cm³/mol. The molecule has 1 aromatic carbocycles. The summed E-state index contributed by atoms with van der Waals surface area (Å²) < 4.78 is 10.6. The molecule has 1 aromatic rings. The third kappa shape index (κ3) is 3.03. The Morgan fingerprint density at radius 2 is 2.06 bits per heavy atom. The first-order valence-corrected chi connectivity index (χ1v) is 5.41. The van der Waals surface area contributed by atoms with E-state index in [-0.39, 0.29) is 12.4 Å². The molecule has 0 fully saturated rings. The van der Waals surface area contributed by atoms with Gasteiger partial charge >= 0.3 is 0 Å². The molecule has 1 N–H and O–H groups in total. The van der Waals surface area contributed by atoms with Crippen molar-refractivity contribution in [2.24, 2.45) is 0 Å². The van der Waals surface area contributed by atoms with Gasteiger partial charge in [-0.1, -0.05) is 13.0 Å². The van der Waals surface area contributed by atoms with E-state index in [1.54, 1.807) is 0 Å². The zero-order chi connectivity index (χ0) is 10.7. The maximum absolute atomic E-state index is 5.32. The van der Waals surface area contributed by atoms with Crippen LogP contribution in [0.2, 0.25) is 0 Å². The number of nitrogens with one attached hydrogen (secondary N) is 1. The van der Waals surface area contributed by atoms with Crippen LogP contribution in [0.3, 0.4) is 0 Å². The standard InChI is InChI=1S/C12H17NO2.ClH/c1-3-9(2)13-7-10-4-5-11-12(6-10)15-8-14-11;/h4-6,9,13H,3,7-8H2,1-2H3;1H. The molecule has 4 heteroatoms. The molecular weight excluding hydrogens is 226 g/mol. The van der Waals surface area contributed by atoms with E-state index < -0.39 is 0 Å². The summed E-state index contributed by atoms with van der Waals surface area (Å²) >= 11 is 0. The van der Waals surface area contributed by atoms with Gasteiger partial charge in [-0.2, -0.15) is 0 Å². The number of hydrogen-bond donors (Lipinski definition) is 1. The van der Waals surface area contributed by atoms with Crippen molar-refractivity contribution in [1.82, 2.24) is 5.32 Å². The van der Waals surface area contributed by atoms with Crippen molar-refractivity contribution >= 4 is 12.4 Å². The maximum Gasteiger partial charge on any atom is 0.231 e. The lowest BCUT2D eigenvalue weighted by Crippen LogP contribution is -2.24. The lowest BCUT2D eigenvalue weighted by Gasteiger charge is -2.11. The first-order valence-electron chi connectivity index (χ1n) is 5.41. The van der Waals surface area contributed by atoms with Crippen molar-refractivity contribution in [3.05, 3.63) is 23.8 Å². The summed E-state index contributed by atoms with van der Waals surface area (Å²) in [6.45, 7) is 5.59. The van der Waals surface area contributed by atoms with Crippen LogP contribution in [0.4, 0.5) is 0 Å². The van der Waals surface area contributed by atoms with Gasteiger partial charge in [-0.3, -0.25) is 0 Å². The topological polar surface area (TPSA) is 30.5 Å². The minimum Gasteiger partial charge on any atom is -0.454 e. The molecule has 2 rings (SSSR count). The van der Waals surface area contributed by atoms with Crippen LogP contribution in [-0.2, 0) is 6.54 Å². The van der Waals surface area contributed by atoms with Crippen LogP contribution in [0, 0.1) is 0 Å². The lowest BCUT2D eigenvalue weighted by molar-refractivity contribution is 0.174. The van der Waals surface area contributed by atoms with Crippen molar-refractivity contribution in [2.75, 3.05) is 6.79 Å². The van der Waals surface area contributed by atoms with Gasteiger partial charge in [-0.05, 0) is 31.0 Å². The summed E-state index contributed by atoms with van der Waals surface area (Å²) in [5.41, 5.74) is 1.24. The van der Waals surface area contributed by atoms with Gasteiger partial charge in [0.1, 0.15) is 0 Å². The van der Waals surface area contributed by atoms with Crippen molar-refractivity contribution in [2.45, 2.75) is 32.9 Å². The molecule has 1 heterocycles. The van der Waals surface area contributed by atoms with Crippen molar-refractivity contribution in [3.63, 3.8) is 0 Å². The highest BCUT2D eigenvalue weighted by Gasteiger charge is 2.12. The average molecular weight is 244 g/mol. The summed E-state index contributed by atoms with van der Waals surface area (Å²) in [5, 5.41) is 3.44. The number of hydrogen-bond acceptors (Lipinski definition) is 3. The second kappa shape index (κ2) is 5.97. The Kier molecular flexibility index (Phi) is 4.90. The van der Waals surface area contributed by atoms with E-state index in [0.717, 1.165) is 24.5 Å². The van der Waals surface area contributed by atoms with E-state index in [1.807, 2.05) is 12.1 Å². The minimum absolute atomic E-state index is 0. The van der Waals surface area contributed by atoms with Gasteiger partial charge < -0.3 is 14.8 Å². The molecule has 0 spiro atoms. The van der Waals surface area contributed by atoms with Gasteiger partial charge in [0.15, 0.2) is 11.5 Å². The molecule has 0 aromatic heterocycles. The van der Waals surface area contributed by atoms with Crippen LogP contribution >= 0.6 is 12.4 Å². The largest absolute Gasteiger partial charge is 0.454 e. The minimum atomic E-state index is 0.